The van der Waals surface area contributed by atoms with E-state index < -0.39 is 0 Å². The SMILES string of the molecule is Cc1ccc(C(CN)N2CCOC3CCCCC32)cn1. The maximum atomic E-state index is 6.09. The monoisotopic (exact) mass is 275 g/mol. The first-order chi connectivity index (χ1) is 9.79. The van der Waals surface area contributed by atoms with Crippen LogP contribution in [0.5, 0.6) is 0 Å². The molecule has 110 valence electrons. The predicted molar refractivity (Wildman–Crippen MR) is 79.5 cm³/mol. The molecule has 1 saturated carbocycles. The smallest absolute Gasteiger partial charge is 0.0731 e. The van der Waals surface area contributed by atoms with Gasteiger partial charge >= 0.3 is 0 Å². The zero-order valence-corrected chi connectivity index (χ0v) is 12.3. The van der Waals surface area contributed by atoms with E-state index in [1.807, 2.05) is 13.1 Å². The Kier molecular flexibility index (Phi) is 4.34. The molecule has 0 radical (unpaired) electrons. The molecular formula is C16H25N3O. The highest BCUT2D eigenvalue weighted by Gasteiger charge is 2.37. The van der Waals surface area contributed by atoms with E-state index in [-0.39, 0.29) is 6.04 Å². The van der Waals surface area contributed by atoms with E-state index in [4.69, 9.17) is 10.5 Å². The fraction of sp³-hybridized carbons (Fsp3) is 0.688. The van der Waals surface area contributed by atoms with E-state index in [2.05, 4.69) is 22.0 Å². The first kappa shape index (κ1) is 14.0. The average Bonchev–Trinajstić information content (AvgIpc) is 2.50. The second kappa shape index (κ2) is 6.20. The Bertz CT molecular complexity index is 432. The van der Waals surface area contributed by atoms with Crippen LogP contribution in [-0.2, 0) is 4.74 Å². The van der Waals surface area contributed by atoms with Gasteiger partial charge in [0.15, 0.2) is 0 Å². The minimum atomic E-state index is 0.276. The molecule has 0 aromatic carbocycles. The van der Waals surface area contributed by atoms with Crippen LogP contribution in [0.1, 0.15) is 43.0 Å². The Morgan fingerprint density at radius 2 is 2.25 bits per heavy atom. The lowest BCUT2D eigenvalue weighted by Gasteiger charge is -2.47. The molecule has 1 aromatic rings. The second-order valence-electron chi connectivity index (χ2n) is 5.98. The fourth-order valence-electron chi connectivity index (χ4n) is 3.65. The number of hydrogen-bond donors (Lipinski definition) is 1. The van der Waals surface area contributed by atoms with E-state index in [1.165, 1.54) is 31.2 Å². The quantitative estimate of drug-likeness (QED) is 0.917. The molecule has 4 heteroatoms. The van der Waals surface area contributed by atoms with Crippen molar-refractivity contribution in [3.63, 3.8) is 0 Å². The van der Waals surface area contributed by atoms with Gasteiger partial charge in [0.05, 0.1) is 12.7 Å². The van der Waals surface area contributed by atoms with E-state index in [9.17, 15) is 0 Å². The lowest BCUT2D eigenvalue weighted by atomic mass is 9.88. The Morgan fingerprint density at radius 1 is 1.40 bits per heavy atom. The summed E-state index contributed by atoms with van der Waals surface area (Å²) in [5.74, 6) is 0. The fourth-order valence-corrected chi connectivity index (χ4v) is 3.65. The van der Waals surface area contributed by atoms with E-state index in [0.29, 0.717) is 18.7 Å². The van der Waals surface area contributed by atoms with Crippen LogP contribution in [0.2, 0.25) is 0 Å². The van der Waals surface area contributed by atoms with Crippen molar-refractivity contribution in [1.29, 1.82) is 0 Å². The lowest BCUT2D eigenvalue weighted by Crippen LogP contribution is -2.54. The van der Waals surface area contributed by atoms with Crippen molar-refractivity contribution in [2.75, 3.05) is 19.7 Å². The molecule has 4 nitrogen and oxygen atoms in total. The molecule has 2 heterocycles. The van der Waals surface area contributed by atoms with Gasteiger partial charge in [-0.25, -0.2) is 0 Å². The Labute approximate surface area is 121 Å². The van der Waals surface area contributed by atoms with Gasteiger partial charge in [0.1, 0.15) is 0 Å². The largest absolute Gasteiger partial charge is 0.375 e. The number of hydrogen-bond acceptors (Lipinski definition) is 4. The van der Waals surface area contributed by atoms with Gasteiger partial charge in [-0.1, -0.05) is 18.9 Å². The van der Waals surface area contributed by atoms with Gasteiger partial charge in [0, 0.05) is 37.1 Å². The van der Waals surface area contributed by atoms with E-state index >= 15 is 0 Å². The van der Waals surface area contributed by atoms with Crippen molar-refractivity contribution in [3.05, 3.63) is 29.6 Å². The maximum absolute atomic E-state index is 6.09. The Balaban J connectivity index is 1.82. The minimum Gasteiger partial charge on any atom is -0.375 e. The molecule has 0 bridgehead atoms. The first-order valence-electron chi connectivity index (χ1n) is 7.79. The van der Waals surface area contributed by atoms with Gasteiger partial charge in [-0.05, 0) is 31.4 Å². The number of pyridine rings is 1. The number of morpholine rings is 1. The number of fused-ring (bicyclic) bond motifs is 1. The zero-order chi connectivity index (χ0) is 13.9. The number of ether oxygens (including phenoxy) is 1. The summed E-state index contributed by atoms with van der Waals surface area (Å²) in [6, 6.07) is 5.06. The Hall–Kier alpha value is -0.970. The second-order valence-corrected chi connectivity index (χ2v) is 5.98. The van der Waals surface area contributed by atoms with Crippen LogP contribution in [-0.4, -0.2) is 41.7 Å². The summed E-state index contributed by atoms with van der Waals surface area (Å²) in [5.41, 5.74) is 8.38. The summed E-state index contributed by atoms with van der Waals surface area (Å²) in [6.07, 6.45) is 7.44. The molecule has 3 unspecified atom stereocenters. The standard InChI is InChI=1S/C16H25N3O/c1-12-6-7-13(11-18-12)15(10-17)19-8-9-20-16-5-3-2-4-14(16)19/h6-7,11,14-16H,2-5,8-10,17H2,1H3. The Morgan fingerprint density at radius 3 is 3.00 bits per heavy atom. The number of aromatic nitrogens is 1. The lowest BCUT2D eigenvalue weighted by molar-refractivity contribution is -0.102. The zero-order valence-electron chi connectivity index (χ0n) is 12.3. The van der Waals surface area contributed by atoms with Gasteiger partial charge in [-0.3, -0.25) is 9.88 Å². The van der Waals surface area contributed by atoms with Crippen molar-refractivity contribution in [2.45, 2.75) is 50.8 Å². The van der Waals surface area contributed by atoms with Gasteiger partial charge in [0.2, 0.25) is 0 Å². The normalized spacial score (nSPS) is 28.9. The van der Waals surface area contributed by atoms with Gasteiger partial charge < -0.3 is 10.5 Å². The maximum Gasteiger partial charge on any atom is 0.0731 e. The summed E-state index contributed by atoms with van der Waals surface area (Å²) in [5, 5.41) is 0. The summed E-state index contributed by atoms with van der Waals surface area (Å²) in [6.45, 7) is 4.48. The number of nitrogens with two attached hydrogens (primary N) is 1. The molecule has 1 aliphatic carbocycles. The summed E-state index contributed by atoms with van der Waals surface area (Å²) < 4.78 is 5.96. The van der Waals surface area contributed by atoms with Crippen LogP contribution in [0, 0.1) is 6.92 Å². The van der Waals surface area contributed by atoms with Crippen LogP contribution in [0.25, 0.3) is 0 Å². The molecule has 1 aromatic heterocycles. The van der Waals surface area contributed by atoms with Crippen molar-refractivity contribution in [1.82, 2.24) is 9.88 Å². The van der Waals surface area contributed by atoms with Gasteiger partial charge in [-0.2, -0.15) is 0 Å². The molecule has 3 rings (SSSR count). The molecular weight excluding hydrogens is 250 g/mol. The highest BCUT2D eigenvalue weighted by atomic mass is 16.5. The molecule has 0 spiro atoms. The first-order valence-corrected chi connectivity index (χ1v) is 7.79. The highest BCUT2D eigenvalue weighted by Crippen LogP contribution is 2.33. The van der Waals surface area contributed by atoms with Gasteiger partial charge in [0.25, 0.3) is 0 Å². The van der Waals surface area contributed by atoms with E-state index in [0.717, 1.165) is 18.8 Å². The van der Waals surface area contributed by atoms with Crippen molar-refractivity contribution < 1.29 is 4.74 Å². The number of nitrogens with zero attached hydrogens (tertiary/aromatic N) is 2. The predicted octanol–water partition coefficient (Wildman–Crippen LogP) is 2.03. The van der Waals surface area contributed by atoms with Crippen molar-refractivity contribution >= 4 is 0 Å². The number of aryl methyl sites for hydroxylation is 1. The van der Waals surface area contributed by atoms with Crippen LogP contribution >= 0.6 is 0 Å². The third-order valence-corrected chi connectivity index (χ3v) is 4.72. The van der Waals surface area contributed by atoms with Crippen molar-refractivity contribution in [2.24, 2.45) is 5.73 Å². The molecule has 20 heavy (non-hydrogen) atoms. The molecule has 1 aliphatic heterocycles. The van der Waals surface area contributed by atoms with Gasteiger partial charge in [-0.15, -0.1) is 0 Å². The summed E-state index contributed by atoms with van der Waals surface area (Å²) in [7, 11) is 0. The van der Waals surface area contributed by atoms with Crippen LogP contribution in [0.3, 0.4) is 0 Å². The molecule has 1 saturated heterocycles. The molecule has 3 atom stereocenters. The van der Waals surface area contributed by atoms with Crippen LogP contribution in [0.15, 0.2) is 18.3 Å². The molecule has 0 amide bonds. The minimum absolute atomic E-state index is 0.276. The summed E-state index contributed by atoms with van der Waals surface area (Å²) in [4.78, 5) is 7.00. The molecule has 2 fully saturated rings. The van der Waals surface area contributed by atoms with Crippen LogP contribution < -0.4 is 5.73 Å². The molecule has 2 aliphatic rings. The van der Waals surface area contributed by atoms with Crippen molar-refractivity contribution in [3.8, 4) is 0 Å². The third-order valence-electron chi connectivity index (χ3n) is 4.72. The highest BCUT2D eigenvalue weighted by molar-refractivity contribution is 5.18. The van der Waals surface area contributed by atoms with E-state index in [1.54, 1.807) is 0 Å². The third kappa shape index (κ3) is 2.73. The molecule has 2 N–H and O–H groups in total. The van der Waals surface area contributed by atoms with Crippen LogP contribution in [0.4, 0.5) is 0 Å². The summed E-state index contributed by atoms with van der Waals surface area (Å²) >= 11 is 0. The topological polar surface area (TPSA) is 51.4 Å². The average molecular weight is 275 g/mol. The number of rotatable bonds is 3.